The molecule has 72 valence electrons. The second-order valence-corrected chi connectivity index (χ2v) is 3.71. The van der Waals surface area contributed by atoms with Gasteiger partial charge < -0.3 is 5.73 Å². The predicted octanol–water partition coefficient (Wildman–Crippen LogP) is 0.623. The van der Waals surface area contributed by atoms with E-state index in [1.54, 1.807) is 16.4 Å². The Labute approximate surface area is 81.2 Å². The van der Waals surface area contributed by atoms with Crippen LogP contribution in [-0.2, 0) is 7.05 Å². The van der Waals surface area contributed by atoms with Gasteiger partial charge in [0.25, 0.3) is 0 Å². The molecule has 1 aromatic heterocycles. The third-order valence-corrected chi connectivity index (χ3v) is 2.61. The fourth-order valence-electron chi connectivity index (χ4n) is 0.842. The van der Waals surface area contributed by atoms with Gasteiger partial charge in [-0.05, 0) is 6.42 Å². The number of rotatable bonds is 5. The number of nitrogens with one attached hydrogen (secondary N) is 1. The molecular formula is C7H13N5S. The zero-order chi connectivity index (χ0) is 9.68. The first-order chi connectivity index (χ1) is 6.20. The molecule has 3 N–H and O–H groups in total. The molecule has 0 saturated carbocycles. The highest BCUT2D eigenvalue weighted by Gasteiger charge is 2.00. The van der Waals surface area contributed by atoms with E-state index < -0.39 is 0 Å². The van der Waals surface area contributed by atoms with Gasteiger partial charge in [-0.25, -0.2) is 9.67 Å². The Balaban J connectivity index is 2.20. The van der Waals surface area contributed by atoms with Crippen LogP contribution in [0.15, 0.2) is 11.5 Å². The number of nitrogens with zero attached hydrogens (tertiary/aromatic N) is 3. The van der Waals surface area contributed by atoms with Gasteiger partial charge in [0, 0.05) is 19.2 Å². The minimum absolute atomic E-state index is 0.249. The quantitative estimate of drug-likeness (QED) is 0.315. The number of aryl methyl sites for hydroxylation is 1. The van der Waals surface area contributed by atoms with Crippen molar-refractivity contribution in [3.63, 3.8) is 0 Å². The SMILES string of the molecule is Cn1ncnc1SCCCC(=N)N. The molecule has 0 spiro atoms. The Morgan fingerprint density at radius 2 is 2.54 bits per heavy atom. The largest absolute Gasteiger partial charge is 0.388 e. The first-order valence-corrected chi connectivity index (χ1v) is 4.98. The van der Waals surface area contributed by atoms with E-state index in [4.69, 9.17) is 11.1 Å². The van der Waals surface area contributed by atoms with Crippen LogP contribution < -0.4 is 5.73 Å². The lowest BCUT2D eigenvalue weighted by Gasteiger charge is -1.99. The molecule has 0 aliphatic heterocycles. The molecule has 0 unspecified atom stereocenters. The molecule has 13 heavy (non-hydrogen) atoms. The van der Waals surface area contributed by atoms with Crippen LogP contribution in [0.5, 0.6) is 0 Å². The molecule has 1 aromatic rings. The molecule has 0 atom stereocenters. The van der Waals surface area contributed by atoms with Crippen molar-refractivity contribution < 1.29 is 0 Å². The zero-order valence-electron chi connectivity index (χ0n) is 7.53. The third kappa shape index (κ3) is 3.45. The Bertz CT molecular complexity index is 282. The van der Waals surface area contributed by atoms with Crippen molar-refractivity contribution in [3.05, 3.63) is 6.33 Å². The molecule has 1 rings (SSSR count). The summed E-state index contributed by atoms with van der Waals surface area (Å²) in [7, 11) is 1.86. The maximum absolute atomic E-state index is 7.02. The van der Waals surface area contributed by atoms with Gasteiger partial charge in [0.15, 0.2) is 5.16 Å². The molecule has 0 amide bonds. The van der Waals surface area contributed by atoms with Crippen molar-refractivity contribution in [2.24, 2.45) is 12.8 Å². The second-order valence-electron chi connectivity index (χ2n) is 2.64. The van der Waals surface area contributed by atoms with E-state index in [-0.39, 0.29) is 5.84 Å². The zero-order valence-corrected chi connectivity index (χ0v) is 8.34. The summed E-state index contributed by atoms with van der Waals surface area (Å²) in [5.74, 6) is 1.17. The van der Waals surface area contributed by atoms with Gasteiger partial charge >= 0.3 is 0 Å². The van der Waals surface area contributed by atoms with E-state index in [1.807, 2.05) is 7.05 Å². The van der Waals surface area contributed by atoms with E-state index in [2.05, 4.69) is 10.1 Å². The minimum atomic E-state index is 0.249. The van der Waals surface area contributed by atoms with Gasteiger partial charge in [-0.15, -0.1) is 0 Å². The fourth-order valence-corrected chi connectivity index (χ4v) is 1.67. The van der Waals surface area contributed by atoms with Crippen molar-refractivity contribution in [2.45, 2.75) is 18.0 Å². The molecule has 0 aliphatic rings. The molecule has 0 fully saturated rings. The maximum atomic E-state index is 7.02. The monoisotopic (exact) mass is 199 g/mol. The average Bonchev–Trinajstić information content (AvgIpc) is 2.45. The molecule has 1 heterocycles. The fraction of sp³-hybridized carbons (Fsp3) is 0.571. The third-order valence-electron chi connectivity index (χ3n) is 1.49. The van der Waals surface area contributed by atoms with Crippen LogP contribution in [0.2, 0.25) is 0 Å². The summed E-state index contributed by atoms with van der Waals surface area (Å²) in [5, 5.41) is 11.9. The first kappa shape index (κ1) is 10.0. The summed E-state index contributed by atoms with van der Waals surface area (Å²) in [6.07, 6.45) is 3.10. The Morgan fingerprint density at radius 3 is 3.08 bits per heavy atom. The maximum Gasteiger partial charge on any atom is 0.185 e. The van der Waals surface area contributed by atoms with Crippen molar-refractivity contribution in [1.82, 2.24) is 14.8 Å². The van der Waals surface area contributed by atoms with Gasteiger partial charge in [-0.1, -0.05) is 11.8 Å². The molecule has 0 saturated heterocycles. The first-order valence-electron chi connectivity index (χ1n) is 4.00. The summed E-state index contributed by atoms with van der Waals surface area (Å²) in [6.45, 7) is 0. The highest BCUT2D eigenvalue weighted by atomic mass is 32.2. The van der Waals surface area contributed by atoms with E-state index >= 15 is 0 Å². The van der Waals surface area contributed by atoms with Crippen LogP contribution in [0.1, 0.15) is 12.8 Å². The number of hydrogen-bond acceptors (Lipinski definition) is 4. The van der Waals surface area contributed by atoms with E-state index in [0.717, 1.165) is 17.3 Å². The lowest BCUT2D eigenvalue weighted by Crippen LogP contribution is -2.09. The topological polar surface area (TPSA) is 80.6 Å². The molecule has 5 nitrogen and oxygen atoms in total. The van der Waals surface area contributed by atoms with Crippen molar-refractivity contribution in [3.8, 4) is 0 Å². The number of amidine groups is 1. The van der Waals surface area contributed by atoms with Gasteiger partial charge in [-0.3, -0.25) is 5.41 Å². The van der Waals surface area contributed by atoms with Gasteiger partial charge in [0.05, 0.1) is 5.84 Å². The average molecular weight is 199 g/mol. The molecule has 6 heteroatoms. The van der Waals surface area contributed by atoms with Crippen LogP contribution in [0.3, 0.4) is 0 Å². The summed E-state index contributed by atoms with van der Waals surface area (Å²) in [6, 6.07) is 0. The Kier molecular flexibility index (Phi) is 3.75. The molecule has 0 radical (unpaired) electrons. The highest BCUT2D eigenvalue weighted by Crippen LogP contribution is 2.14. The summed E-state index contributed by atoms with van der Waals surface area (Å²) < 4.78 is 1.73. The number of aromatic nitrogens is 3. The second kappa shape index (κ2) is 4.86. The van der Waals surface area contributed by atoms with E-state index in [0.29, 0.717) is 6.42 Å². The van der Waals surface area contributed by atoms with Crippen LogP contribution in [0, 0.1) is 5.41 Å². The molecular weight excluding hydrogens is 186 g/mol. The van der Waals surface area contributed by atoms with Crippen molar-refractivity contribution >= 4 is 17.6 Å². The van der Waals surface area contributed by atoms with Gasteiger partial charge in [0.2, 0.25) is 0 Å². The summed E-state index contributed by atoms with van der Waals surface area (Å²) >= 11 is 1.63. The normalized spacial score (nSPS) is 10.2. The van der Waals surface area contributed by atoms with Crippen LogP contribution in [-0.4, -0.2) is 26.4 Å². The summed E-state index contributed by atoms with van der Waals surface area (Å²) in [5.41, 5.74) is 5.22. The number of thioether (sulfide) groups is 1. The number of hydrogen-bond donors (Lipinski definition) is 2. The van der Waals surface area contributed by atoms with Crippen LogP contribution in [0.25, 0.3) is 0 Å². The lowest BCUT2D eigenvalue weighted by atomic mass is 10.3. The Morgan fingerprint density at radius 1 is 1.77 bits per heavy atom. The van der Waals surface area contributed by atoms with Crippen LogP contribution >= 0.6 is 11.8 Å². The van der Waals surface area contributed by atoms with E-state index in [1.165, 1.54) is 6.33 Å². The van der Waals surface area contributed by atoms with Gasteiger partial charge in [0.1, 0.15) is 6.33 Å². The predicted molar refractivity (Wildman–Crippen MR) is 52.9 cm³/mol. The molecule has 0 aromatic carbocycles. The highest BCUT2D eigenvalue weighted by molar-refractivity contribution is 7.99. The van der Waals surface area contributed by atoms with Crippen molar-refractivity contribution in [2.75, 3.05) is 5.75 Å². The standard InChI is InChI=1S/C7H13N5S/c1-12-7(10-5-11-12)13-4-2-3-6(8)9/h5H,2-4H2,1H3,(H3,8,9). The molecule has 0 aliphatic carbocycles. The lowest BCUT2D eigenvalue weighted by molar-refractivity contribution is 0.685. The molecule has 0 bridgehead atoms. The summed E-state index contributed by atoms with van der Waals surface area (Å²) in [4.78, 5) is 4.06. The Hall–Kier alpha value is -1.04. The van der Waals surface area contributed by atoms with E-state index in [9.17, 15) is 0 Å². The smallest absolute Gasteiger partial charge is 0.185 e. The van der Waals surface area contributed by atoms with Crippen LogP contribution in [0.4, 0.5) is 0 Å². The minimum Gasteiger partial charge on any atom is -0.388 e. The van der Waals surface area contributed by atoms with Crippen molar-refractivity contribution in [1.29, 1.82) is 5.41 Å². The van der Waals surface area contributed by atoms with Gasteiger partial charge in [-0.2, -0.15) is 5.10 Å². The number of nitrogens with two attached hydrogens (primary N) is 1.